The van der Waals surface area contributed by atoms with Crippen LogP contribution in [0.2, 0.25) is 0 Å². The fraction of sp³-hybridized carbons (Fsp3) is 0.478. The van der Waals surface area contributed by atoms with E-state index in [1.165, 1.54) is 35.2 Å². The number of hydrogen-bond acceptors (Lipinski definition) is 4. The third kappa shape index (κ3) is 3.11. The molecule has 2 fully saturated rings. The second kappa shape index (κ2) is 6.99. The number of nitrogens with zero attached hydrogens (tertiary/aromatic N) is 1. The quantitative estimate of drug-likeness (QED) is 0.771. The number of fused-ring (bicyclic) bond motifs is 3. The molecule has 2 heterocycles. The third-order valence-corrected chi connectivity index (χ3v) is 6.32. The van der Waals surface area contributed by atoms with Crippen LogP contribution in [0.3, 0.4) is 0 Å². The Morgan fingerprint density at radius 1 is 1.07 bits per heavy atom. The highest BCUT2D eigenvalue weighted by Crippen LogP contribution is 2.44. The van der Waals surface area contributed by atoms with Gasteiger partial charge in [0.2, 0.25) is 0 Å². The Hall–Kier alpha value is -2.36. The summed E-state index contributed by atoms with van der Waals surface area (Å²) in [6.45, 7) is 9.37. The van der Waals surface area contributed by atoms with Crippen LogP contribution in [0.5, 0.6) is 11.5 Å². The fourth-order valence-electron chi connectivity index (χ4n) is 4.93. The van der Waals surface area contributed by atoms with Gasteiger partial charge in [-0.25, -0.2) is 0 Å². The fourth-order valence-corrected chi connectivity index (χ4v) is 4.93. The van der Waals surface area contributed by atoms with Crippen LogP contribution in [0.25, 0.3) is 0 Å². The van der Waals surface area contributed by atoms with Gasteiger partial charge in [0, 0.05) is 23.9 Å². The Labute approximate surface area is 162 Å². The van der Waals surface area contributed by atoms with Crippen LogP contribution in [0, 0.1) is 0 Å². The molecule has 1 aromatic rings. The van der Waals surface area contributed by atoms with Crippen LogP contribution >= 0.6 is 0 Å². The number of hydrogen-bond donors (Lipinski definition) is 1. The second-order valence-electron chi connectivity index (χ2n) is 7.96. The summed E-state index contributed by atoms with van der Waals surface area (Å²) in [5, 5.41) is 3.78. The van der Waals surface area contributed by atoms with Gasteiger partial charge in [0.1, 0.15) is 11.5 Å². The standard InChI is InChI=1S/C23H30N2O2/c1-16-7-5-11-23(12-6-8-16)22-10-9-20-18(15-25(22)17(2)24-23)13-19(26-3)14-21(20)27-4/h10,13-14,24H,1-2,5-9,11-12,15H2,3-4H3. The van der Waals surface area contributed by atoms with Crippen molar-refractivity contribution in [1.29, 1.82) is 0 Å². The first kappa shape index (κ1) is 18.0. The van der Waals surface area contributed by atoms with Gasteiger partial charge in [-0.15, -0.1) is 0 Å². The van der Waals surface area contributed by atoms with Crippen molar-refractivity contribution in [2.75, 3.05) is 14.2 Å². The van der Waals surface area contributed by atoms with Crippen molar-refractivity contribution >= 4 is 0 Å². The Bertz CT molecular complexity index is 797. The molecule has 0 aromatic heterocycles. The van der Waals surface area contributed by atoms with Gasteiger partial charge in [-0.05, 0) is 56.6 Å². The maximum atomic E-state index is 5.67. The summed E-state index contributed by atoms with van der Waals surface area (Å²) in [7, 11) is 3.44. The topological polar surface area (TPSA) is 33.7 Å². The van der Waals surface area contributed by atoms with Gasteiger partial charge < -0.3 is 19.7 Å². The van der Waals surface area contributed by atoms with Crippen molar-refractivity contribution < 1.29 is 9.47 Å². The lowest BCUT2D eigenvalue weighted by atomic mass is 9.80. The minimum Gasteiger partial charge on any atom is -0.497 e. The van der Waals surface area contributed by atoms with Gasteiger partial charge in [-0.3, -0.25) is 0 Å². The average Bonchev–Trinajstić information content (AvgIpc) is 2.79. The molecule has 1 saturated carbocycles. The van der Waals surface area contributed by atoms with E-state index in [4.69, 9.17) is 9.47 Å². The average molecular weight is 367 g/mol. The zero-order valence-electron chi connectivity index (χ0n) is 16.6. The molecule has 1 N–H and O–H groups in total. The maximum Gasteiger partial charge on any atom is 0.126 e. The van der Waals surface area contributed by atoms with E-state index in [0.717, 1.165) is 56.0 Å². The van der Waals surface area contributed by atoms with E-state index in [1.807, 2.05) is 6.07 Å². The molecule has 27 heavy (non-hydrogen) atoms. The molecule has 144 valence electrons. The van der Waals surface area contributed by atoms with Crippen LogP contribution in [0.1, 0.15) is 49.7 Å². The van der Waals surface area contributed by atoms with Crippen molar-refractivity contribution in [2.45, 2.75) is 57.0 Å². The number of allylic oxidation sites excluding steroid dienone is 2. The molecular weight excluding hydrogens is 336 g/mol. The molecule has 0 atom stereocenters. The van der Waals surface area contributed by atoms with Crippen molar-refractivity contribution in [1.82, 2.24) is 10.2 Å². The summed E-state index contributed by atoms with van der Waals surface area (Å²) >= 11 is 0. The molecular formula is C23H30N2O2. The SMILES string of the molecule is C=C1CCCC2(CCC1)NC(=C)N1Cc3cc(OC)cc(OC)c3CC=C12. The predicted molar refractivity (Wildman–Crippen MR) is 109 cm³/mol. The minimum atomic E-state index is 0.0111. The van der Waals surface area contributed by atoms with E-state index in [2.05, 4.69) is 35.5 Å². The highest BCUT2D eigenvalue weighted by molar-refractivity contribution is 5.50. The molecule has 4 heteroatoms. The zero-order chi connectivity index (χ0) is 19.0. The lowest BCUT2D eigenvalue weighted by Gasteiger charge is -2.33. The van der Waals surface area contributed by atoms with Crippen LogP contribution < -0.4 is 14.8 Å². The molecule has 4 nitrogen and oxygen atoms in total. The van der Waals surface area contributed by atoms with Gasteiger partial charge in [0.05, 0.1) is 25.6 Å². The van der Waals surface area contributed by atoms with E-state index in [0.29, 0.717) is 0 Å². The first-order valence-electron chi connectivity index (χ1n) is 9.92. The van der Waals surface area contributed by atoms with Crippen molar-refractivity contribution in [3.05, 3.63) is 59.6 Å². The summed E-state index contributed by atoms with van der Waals surface area (Å²) in [5.41, 5.74) is 5.30. The molecule has 1 aromatic carbocycles. The van der Waals surface area contributed by atoms with Crippen molar-refractivity contribution in [3.63, 3.8) is 0 Å². The van der Waals surface area contributed by atoms with Crippen LogP contribution in [0.4, 0.5) is 0 Å². The van der Waals surface area contributed by atoms with Crippen molar-refractivity contribution in [2.24, 2.45) is 0 Å². The highest BCUT2D eigenvalue weighted by Gasteiger charge is 2.44. The summed E-state index contributed by atoms with van der Waals surface area (Å²) in [5.74, 6) is 2.75. The summed E-state index contributed by atoms with van der Waals surface area (Å²) in [6, 6.07) is 4.12. The normalized spacial score (nSPS) is 21.4. The maximum absolute atomic E-state index is 5.67. The van der Waals surface area contributed by atoms with E-state index in [9.17, 15) is 0 Å². The summed E-state index contributed by atoms with van der Waals surface area (Å²) in [4.78, 5) is 2.36. The van der Waals surface area contributed by atoms with E-state index in [-0.39, 0.29) is 5.54 Å². The second-order valence-corrected chi connectivity index (χ2v) is 7.96. The Morgan fingerprint density at radius 3 is 2.48 bits per heavy atom. The molecule has 0 unspecified atom stereocenters. The molecule has 0 radical (unpaired) electrons. The zero-order valence-corrected chi connectivity index (χ0v) is 16.6. The highest BCUT2D eigenvalue weighted by atomic mass is 16.5. The smallest absolute Gasteiger partial charge is 0.126 e. The van der Waals surface area contributed by atoms with E-state index >= 15 is 0 Å². The Morgan fingerprint density at radius 2 is 1.81 bits per heavy atom. The van der Waals surface area contributed by atoms with Gasteiger partial charge in [0.15, 0.2) is 0 Å². The van der Waals surface area contributed by atoms with Crippen molar-refractivity contribution in [3.8, 4) is 11.5 Å². The molecule has 1 saturated heterocycles. The number of rotatable bonds is 2. The summed E-state index contributed by atoms with van der Waals surface area (Å²) < 4.78 is 11.2. The van der Waals surface area contributed by atoms with Gasteiger partial charge in [-0.2, -0.15) is 0 Å². The summed E-state index contributed by atoms with van der Waals surface area (Å²) in [6.07, 6.45) is 10.1. The Kier molecular flexibility index (Phi) is 4.67. The molecule has 2 aliphatic heterocycles. The van der Waals surface area contributed by atoms with Crippen LogP contribution in [-0.4, -0.2) is 24.7 Å². The number of ether oxygens (including phenoxy) is 2. The van der Waals surface area contributed by atoms with Gasteiger partial charge in [0.25, 0.3) is 0 Å². The largest absolute Gasteiger partial charge is 0.497 e. The molecule has 4 rings (SSSR count). The van der Waals surface area contributed by atoms with Gasteiger partial charge >= 0.3 is 0 Å². The van der Waals surface area contributed by atoms with Crippen LogP contribution in [-0.2, 0) is 13.0 Å². The Balaban J connectivity index is 1.71. The molecule has 0 amide bonds. The first-order chi connectivity index (χ1) is 13.1. The lowest BCUT2D eigenvalue weighted by molar-refractivity contribution is 0.338. The number of benzene rings is 1. The number of nitrogens with one attached hydrogen (secondary N) is 1. The molecule has 1 spiro atoms. The first-order valence-corrected chi connectivity index (χ1v) is 9.92. The molecule has 0 bridgehead atoms. The third-order valence-electron chi connectivity index (χ3n) is 6.32. The van der Waals surface area contributed by atoms with E-state index < -0.39 is 0 Å². The predicted octanol–water partition coefficient (Wildman–Crippen LogP) is 4.67. The number of methoxy groups -OCH3 is 2. The van der Waals surface area contributed by atoms with E-state index in [1.54, 1.807) is 14.2 Å². The van der Waals surface area contributed by atoms with Gasteiger partial charge in [-0.1, -0.05) is 24.8 Å². The molecule has 1 aliphatic carbocycles. The monoisotopic (exact) mass is 366 g/mol. The molecule has 3 aliphatic rings. The minimum absolute atomic E-state index is 0.0111. The van der Waals surface area contributed by atoms with Crippen LogP contribution in [0.15, 0.2) is 48.5 Å². The lowest BCUT2D eigenvalue weighted by Crippen LogP contribution is -2.41.